The summed E-state index contributed by atoms with van der Waals surface area (Å²) in [6.45, 7) is 6.10. The van der Waals surface area contributed by atoms with Crippen molar-refractivity contribution in [2.24, 2.45) is 0 Å². The molecule has 0 spiro atoms. The van der Waals surface area contributed by atoms with E-state index in [1.54, 1.807) is 9.58 Å². The van der Waals surface area contributed by atoms with E-state index < -0.39 is 17.5 Å². The van der Waals surface area contributed by atoms with E-state index in [9.17, 15) is 14.0 Å². The first-order valence-electron chi connectivity index (χ1n) is 11.9. The molecule has 0 radical (unpaired) electrons. The molecule has 0 saturated carbocycles. The van der Waals surface area contributed by atoms with Crippen LogP contribution in [0, 0.1) is 11.6 Å². The van der Waals surface area contributed by atoms with Crippen LogP contribution in [0.15, 0.2) is 55.5 Å². The van der Waals surface area contributed by atoms with Gasteiger partial charge in [-0.3, -0.25) is 9.59 Å². The molecule has 1 fully saturated rings. The molecular weight excluding hydrogens is 494 g/mol. The number of fused-ring (bicyclic) bond motifs is 1. The largest absolute Gasteiger partial charge is 0.383 e. The lowest BCUT2D eigenvalue weighted by molar-refractivity contribution is -0.130. The van der Waals surface area contributed by atoms with Crippen molar-refractivity contribution in [1.82, 2.24) is 29.6 Å². The van der Waals surface area contributed by atoms with E-state index in [2.05, 4.69) is 26.8 Å². The first-order chi connectivity index (χ1) is 18.3. The van der Waals surface area contributed by atoms with Crippen LogP contribution in [0.1, 0.15) is 36.2 Å². The summed E-state index contributed by atoms with van der Waals surface area (Å²) >= 11 is 0. The topological polar surface area (TPSA) is 132 Å². The van der Waals surface area contributed by atoms with E-state index in [1.807, 2.05) is 6.92 Å². The van der Waals surface area contributed by atoms with Crippen LogP contribution >= 0.6 is 0 Å². The normalized spacial score (nSPS) is 17.4. The number of hydrogen-bond acceptors (Lipinski definition) is 7. The molecule has 2 atom stereocenters. The van der Waals surface area contributed by atoms with Gasteiger partial charge in [0, 0.05) is 29.9 Å². The Hall–Kier alpha value is -4.74. The third-order valence-corrected chi connectivity index (χ3v) is 6.69. The highest BCUT2D eigenvalue weighted by Crippen LogP contribution is 2.37. The van der Waals surface area contributed by atoms with Crippen molar-refractivity contribution in [1.29, 1.82) is 0 Å². The maximum Gasteiger partial charge on any atom is 0.256 e. The standard InChI is InChI=1S/C26H24F2N8O2/c1-3-21(37)35-10-4-5-19(14(35)2)36-25-22(24(29)31-13-32-25)23(34-36)17-7-6-15(11-18(17)28)26(38)33-20-12-16(27)8-9-30-20/h3,6-9,11-14,19H,1,4-5,10H2,2H3,(H2,29,31,32)(H,30,33,38)/t14-,19?/m1/s1. The molecule has 1 saturated heterocycles. The number of anilines is 2. The van der Waals surface area contributed by atoms with Gasteiger partial charge in [-0.2, -0.15) is 5.10 Å². The molecule has 194 valence electrons. The minimum atomic E-state index is -0.722. The zero-order valence-electron chi connectivity index (χ0n) is 20.4. The lowest BCUT2D eigenvalue weighted by atomic mass is 9.97. The highest BCUT2D eigenvalue weighted by Gasteiger charge is 2.34. The number of benzene rings is 1. The fourth-order valence-corrected chi connectivity index (χ4v) is 4.80. The van der Waals surface area contributed by atoms with Gasteiger partial charge >= 0.3 is 0 Å². The summed E-state index contributed by atoms with van der Waals surface area (Å²) in [5.74, 6) is -2.00. The number of nitrogens with two attached hydrogens (primary N) is 1. The van der Waals surface area contributed by atoms with E-state index in [4.69, 9.17) is 10.8 Å². The number of aromatic nitrogens is 5. The zero-order chi connectivity index (χ0) is 27.0. The lowest BCUT2D eigenvalue weighted by Gasteiger charge is -2.39. The van der Waals surface area contributed by atoms with Gasteiger partial charge in [0.15, 0.2) is 5.65 Å². The van der Waals surface area contributed by atoms with Gasteiger partial charge in [0.05, 0.1) is 17.5 Å². The Labute approximate surface area is 216 Å². The average molecular weight is 519 g/mol. The summed E-state index contributed by atoms with van der Waals surface area (Å²) in [6, 6.07) is 5.62. The van der Waals surface area contributed by atoms with Crippen LogP contribution in [-0.4, -0.2) is 54.0 Å². The molecule has 1 aliphatic heterocycles. The Morgan fingerprint density at radius 3 is 2.74 bits per heavy atom. The van der Waals surface area contributed by atoms with Gasteiger partial charge in [-0.25, -0.2) is 28.4 Å². The van der Waals surface area contributed by atoms with Crippen LogP contribution < -0.4 is 11.1 Å². The number of hydrogen-bond donors (Lipinski definition) is 2. The number of rotatable bonds is 5. The Bertz CT molecular complexity index is 1570. The molecule has 1 aliphatic rings. The summed E-state index contributed by atoms with van der Waals surface area (Å²) < 4.78 is 30.5. The van der Waals surface area contributed by atoms with Crippen LogP contribution in [0.5, 0.6) is 0 Å². The van der Waals surface area contributed by atoms with E-state index in [-0.39, 0.29) is 46.4 Å². The van der Waals surface area contributed by atoms with Crippen molar-refractivity contribution in [2.45, 2.75) is 31.8 Å². The first-order valence-corrected chi connectivity index (χ1v) is 11.9. The highest BCUT2D eigenvalue weighted by molar-refractivity contribution is 6.04. The number of pyridine rings is 1. The fourth-order valence-electron chi connectivity index (χ4n) is 4.80. The number of halogens is 2. The van der Waals surface area contributed by atoms with Gasteiger partial charge in [-0.1, -0.05) is 6.58 Å². The number of carbonyl (C=O) groups is 2. The molecule has 1 aromatic carbocycles. The first kappa shape index (κ1) is 24.9. The molecule has 4 heterocycles. The molecule has 12 heteroatoms. The smallest absolute Gasteiger partial charge is 0.256 e. The predicted octanol–water partition coefficient (Wildman–Crippen LogP) is 3.74. The number of carbonyl (C=O) groups excluding carboxylic acids is 2. The minimum Gasteiger partial charge on any atom is -0.383 e. The SMILES string of the molecule is C=CC(=O)N1CCCC(n2nc(-c3ccc(C(=O)Nc4cc(F)ccn4)cc3F)c3c(N)ncnc32)[C@H]1C. The molecule has 4 aromatic rings. The molecule has 0 bridgehead atoms. The third kappa shape index (κ3) is 4.44. The number of likely N-dealkylation sites (tertiary alicyclic amines) is 1. The van der Waals surface area contributed by atoms with Crippen LogP contribution in [0.4, 0.5) is 20.4 Å². The fraction of sp³-hybridized carbons (Fsp3) is 0.231. The summed E-state index contributed by atoms with van der Waals surface area (Å²) in [5, 5.41) is 7.51. The Balaban J connectivity index is 1.53. The van der Waals surface area contributed by atoms with E-state index >= 15 is 4.39 Å². The number of nitrogens with zero attached hydrogens (tertiary/aromatic N) is 6. The van der Waals surface area contributed by atoms with Crippen molar-refractivity contribution in [3.63, 3.8) is 0 Å². The highest BCUT2D eigenvalue weighted by atomic mass is 19.1. The van der Waals surface area contributed by atoms with Crippen molar-refractivity contribution in [3.8, 4) is 11.3 Å². The molecule has 2 amide bonds. The summed E-state index contributed by atoms with van der Waals surface area (Å²) in [4.78, 5) is 39.0. The summed E-state index contributed by atoms with van der Waals surface area (Å²) in [5.41, 5.74) is 6.92. The quantitative estimate of drug-likeness (QED) is 0.385. The minimum absolute atomic E-state index is 0.000254. The number of nitrogen functional groups attached to an aromatic ring is 1. The van der Waals surface area contributed by atoms with Crippen molar-refractivity contribution in [3.05, 3.63) is 72.7 Å². The molecule has 38 heavy (non-hydrogen) atoms. The third-order valence-electron chi connectivity index (χ3n) is 6.69. The van der Waals surface area contributed by atoms with Gasteiger partial charge < -0.3 is 16.0 Å². The van der Waals surface area contributed by atoms with Gasteiger partial charge in [0.25, 0.3) is 5.91 Å². The van der Waals surface area contributed by atoms with Crippen LogP contribution in [0.3, 0.4) is 0 Å². The Morgan fingerprint density at radius 1 is 1.18 bits per heavy atom. The summed E-state index contributed by atoms with van der Waals surface area (Å²) in [7, 11) is 0. The second-order valence-corrected chi connectivity index (χ2v) is 8.94. The van der Waals surface area contributed by atoms with E-state index in [0.717, 1.165) is 31.0 Å². The molecule has 3 N–H and O–H groups in total. The molecule has 1 unspecified atom stereocenters. The molecule has 10 nitrogen and oxygen atoms in total. The second kappa shape index (κ2) is 9.96. The maximum absolute atomic E-state index is 15.5. The van der Waals surface area contributed by atoms with E-state index in [0.29, 0.717) is 17.6 Å². The zero-order valence-corrected chi connectivity index (χ0v) is 20.4. The molecular formula is C26H24F2N8O2. The molecule has 3 aromatic heterocycles. The van der Waals surface area contributed by atoms with E-state index in [1.165, 1.54) is 30.7 Å². The average Bonchev–Trinajstić information content (AvgIpc) is 3.28. The number of nitrogens with one attached hydrogen (secondary N) is 1. The van der Waals surface area contributed by atoms with Crippen LogP contribution in [0.2, 0.25) is 0 Å². The Kier molecular flexibility index (Phi) is 6.53. The Morgan fingerprint density at radius 2 is 2.00 bits per heavy atom. The van der Waals surface area contributed by atoms with Crippen molar-refractivity contribution < 1.29 is 18.4 Å². The van der Waals surface area contributed by atoms with Crippen molar-refractivity contribution >= 4 is 34.5 Å². The predicted molar refractivity (Wildman–Crippen MR) is 137 cm³/mol. The van der Waals surface area contributed by atoms with Gasteiger partial charge in [-0.15, -0.1) is 0 Å². The number of piperidine rings is 1. The molecule has 5 rings (SSSR count). The van der Waals surface area contributed by atoms with Gasteiger partial charge in [-0.05, 0) is 50.1 Å². The molecule has 0 aliphatic carbocycles. The second-order valence-electron chi connectivity index (χ2n) is 8.94. The summed E-state index contributed by atoms with van der Waals surface area (Å²) in [6.07, 6.45) is 5.26. The monoisotopic (exact) mass is 518 g/mol. The van der Waals surface area contributed by atoms with Crippen LogP contribution in [0.25, 0.3) is 22.3 Å². The van der Waals surface area contributed by atoms with Gasteiger partial charge in [0.1, 0.15) is 35.3 Å². The lowest BCUT2D eigenvalue weighted by Crippen LogP contribution is -2.47. The van der Waals surface area contributed by atoms with Gasteiger partial charge in [0.2, 0.25) is 5.91 Å². The maximum atomic E-state index is 15.5. The van der Waals surface area contributed by atoms with Crippen molar-refractivity contribution in [2.75, 3.05) is 17.6 Å². The van der Waals surface area contributed by atoms with Crippen LogP contribution in [-0.2, 0) is 4.79 Å². The number of amides is 2.